The number of carbonyl (C=O) groups excluding carboxylic acids is 1. The third-order valence-corrected chi connectivity index (χ3v) is 3.97. The Morgan fingerprint density at radius 3 is 2.59 bits per heavy atom. The lowest BCUT2D eigenvalue weighted by Crippen LogP contribution is -2.51. The molecule has 1 atom stereocenters. The molecular formula is C18H24Cl2N4O3. The number of hydrogen-bond donors (Lipinski definition) is 2. The average molecular weight is 415 g/mol. The van der Waals surface area contributed by atoms with Gasteiger partial charge in [-0.05, 0) is 24.3 Å². The minimum atomic E-state index is -0.678. The van der Waals surface area contributed by atoms with Gasteiger partial charge in [-0.1, -0.05) is 12.1 Å². The van der Waals surface area contributed by atoms with Crippen molar-refractivity contribution in [3.05, 3.63) is 54.4 Å². The highest BCUT2D eigenvalue weighted by molar-refractivity contribution is 5.85. The average Bonchev–Trinajstić information content (AvgIpc) is 2.69. The lowest BCUT2D eigenvalue weighted by molar-refractivity contribution is 0.138. The molecule has 1 unspecified atom stereocenters. The lowest BCUT2D eigenvalue weighted by Gasteiger charge is -2.30. The fraction of sp³-hybridized carbons (Fsp3) is 0.333. The maximum absolute atomic E-state index is 12.6. The van der Waals surface area contributed by atoms with E-state index in [0.717, 1.165) is 18.7 Å². The molecule has 0 saturated carbocycles. The number of ether oxygens (including phenoxy) is 2. The highest BCUT2D eigenvalue weighted by atomic mass is 35.5. The molecule has 1 fully saturated rings. The minimum absolute atomic E-state index is 0. The third-order valence-electron chi connectivity index (χ3n) is 3.97. The SMILES string of the molecule is COc1ccccc1C(NC(=O)N1CCNCC1)Oc1cccnc1.Cl.Cl. The number of piperazine rings is 1. The predicted molar refractivity (Wildman–Crippen MR) is 108 cm³/mol. The van der Waals surface area contributed by atoms with Crippen molar-refractivity contribution in [2.45, 2.75) is 6.23 Å². The van der Waals surface area contributed by atoms with Gasteiger partial charge < -0.3 is 19.7 Å². The van der Waals surface area contributed by atoms with Crippen LogP contribution in [0, 0.1) is 0 Å². The fourth-order valence-electron chi connectivity index (χ4n) is 2.68. The van der Waals surface area contributed by atoms with E-state index >= 15 is 0 Å². The Morgan fingerprint density at radius 1 is 1.19 bits per heavy atom. The smallest absolute Gasteiger partial charge is 0.320 e. The van der Waals surface area contributed by atoms with Crippen LogP contribution in [0.2, 0.25) is 0 Å². The van der Waals surface area contributed by atoms with Crippen LogP contribution >= 0.6 is 24.8 Å². The molecule has 27 heavy (non-hydrogen) atoms. The van der Waals surface area contributed by atoms with Gasteiger partial charge in [-0.3, -0.25) is 10.3 Å². The molecule has 1 aliphatic rings. The van der Waals surface area contributed by atoms with E-state index < -0.39 is 6.23 Å². The van der Waals surface area contributed by atoms with Crippen molar-refractivity contribution < 1.29 is 14.3 Å². The standard InChI is InChI=1S/C18H22N4O3.2ClH/c1-24-16-7-3-2-6-15(16)17(25-14-5-4-8-20-13-14)21-18(23)22-11-9-19-10-12-22;;/h2-8,13,17,19H,9-12H2,1H3,(H,21,23);2*1H. The summed E-state index contributed by atoms with van der Waals surface area (Å²) in [6.07, 6.45) is 2.60. The van der Waals surface area contributed by atoms with Crippen LogP contribution in [0.3, 0.4) is 0 Å². The summed E-state index contributed by atoms with van der Waals surface area (Å²) in [4.78, 5) is 18.4. The molecule has 0 bridgehead atoms. The molecule has 1 aromatic carbocycles. The van der Waals surface area contributed by atoms with Gasteiger partial charge in [0, 0.05) is 32.4 Å². The summed E-state index contributed by atoms with van der Waals surface area (Å²) in [5.74, 6) is 1.22. The van der Waals surface area contributed by atoms with E-state index in [1.54, 1.807) is 36.5 Å². The minimum Gasteiger partial charge on any atom is -0.496 e. The largest absolute Gasteiger partial charge is 0.496 e. The van der Waals surface area contributed by atoms with Crippen LogP contribution in [0.15, 0.2) is 48.8 Å². The van der Waals surface area contributed by atoms with Crippen molar-refractivity contribution in [3.8, 4) is 11.5 Å². The Hall–Kier alpha value is -2.22. The van der Waals surface area contributed by atoms with Crippen LogP contribution in [0.4, 0.5) is 4.79 Å². The first kappa shape index (κ1) is 22.8. The topological polar surface area (TPSA) is 75.7 Å². The van der Waals surface area contributed by atoms with Gasteiger partial charge >= 0.3 is 6.03 Å². The zero-order valence-electron chi connectivity index (χ0n) is 15.0. The molecule has 0 spiro atoms. The zero-order valence-corrected chi connectivity index (χ0v) is 16.6. The fourth-order valence-corrected chi connectivity index (χ4v) is 2.68. The number of urea groups is 1. The highest BCUT2D eigenvalue weighted by Gasteiger charge is 2.24. The number of nitrogens with one attached hydrogen (secondary N) is 2. The Morgan fingerprint density at radius 2 is 1.93 bits per heavy atom. The molecule has 2 N–H and O–H groups in total. The van der Waals surface area contributed by atoms with E-state index in [9.17, 15) is 4.79 Å². The molecule has 148 valence electrons. The van der Waals surface area contributed by atoms with E-state index in [1.165, 1.54) is 0 Å². The Kier molecular flexibility index (Phi) is 9.71. The number of benzene rings is 1. The third kappa shape index (κ3) is 6.16. The van der Waals surface area contributed by atoms with Crippen LogP contribution in [0.5, 0.6) is 11.5 Å². The van der Waals surface area contributed by atoms with Gasteiger partial charge in [0.2, 0.25) is 6.23 Å². The molecule has 0 aliphatic carbocycles. The summed E-state index contributed by atoms with van der Waals surface area (Å²) in [5.41, 5.74) is 0.748. The van der Waals surface area contributed by atoms with Gasteiger partial charge in [-0.2, -0.15) is 0 Å². The van der Waals surface area contributed by atoms with Crippen LogP contribution in [-0.4, -0.2) is 49.2 Å². The lowest BCUT2D eigenvalue weighted by atomic mass is 10.1. The van der Waals surface area contributed by atoms with Crippen LogP contribution in [0.25, 0.3) is 0 Å². The molecule has 1 aromatic heterocycles. The second-order valence-electron chi connectivity index (χ2n) is 5.62. The van der Waals surface area contributed by atoms with Crippen LogP contribution < -0.4 is 20.1 Å². The Labute approximate surface area is 171 Å². The quantitative estimate of drug-likeness (QED) is 0.735. The predicted octanol–water partition coefficient (Wildman–Crippen LogP) is 2.63. The number of carbonyl (C=O) groups is 1. The number of halogens is 2. The number of rotatable bonds is 5. The summed E-state index contributed by atoms with van der Waals surface area (Å²) < 4.78 is 11.4. The number of hydrogen-bond acceptors (Lipinski definition) is 5. The number of amides is 2. The summed E-state index contributed by atoms with van der Waals surface area (Å²) in [6, 6.07) is 10.9. The summed E-state index contributed by atoms with van der Waals surface area (Å²) in [5, 5.41) is 6.19. The molecular weight excluding hydrogens is 391 g/mol. The second-order valence-corrected chi connectivity index (χ2v) is 5.62. The molecule has 2 aromatic rings. The first-order chi connectivity index (χ1) is 12.3. The van der Waals surface area contributed by atoms with Crippen molar-refractivity contribution in [3.63, 3.8) is 0 Å². The first-order valence-electron chi connectivity index (χ1n) is 8.23. The van der Waals surface area contributed by atoms with E-state index in [0.29, 0.717) is 24.6 Å². The molecule has 1 aliphatic heterocycles. The van der Waals surface area contributed by atoms with Gasteiger partial charge in [-0.25, -0.2) is 4.79 Å². The van der Waals surface area contributed by atoms with Gasteiger partial charge in [0.25, 0.3) is 0 Å². The Balaban J connectivity index is 0.00000182. The summed E-state index contributed by atoms with van der Waals surface area (Å²) >= 11 is 0. The van der Waals surface area contributed by atoms with Gasteiger partial charge in [0.1, 0.15) is 11.5 Å². The van der Waals surface area contributed by atoms with Gasteiger partial charge in [-0.15, -0.1) is 24.8 Å². The van der Waals surface area contributed by atoms with Crippen molar-refractivity contribution in [1.82, 2.24) is 20.5 Å². The summed E-state index contributed by atoms with van der Waals surface area (Å²) in [6.45, 7) is 2.90. The molecule has 0 radical (unpaired) electrons. The first-order valence-corrected chi connectivity index (χ1v) is 8.23. The van der Waals surface area contributed by atoms with Crippen molar-refractivity contribution >= 4 is 30.8 Å². The normalized spacial score (nSPS) is 14.2. The van der Waals surface area contributed by atoms with E-state index in [1.807, 2.05) is 24.3 Å². The van der Waals surface area contributed by atoms with Gasteiger partial charge in [0.15, 0.2) is 0 Å². The molecule has 2 heterocycles. The maximum atomic E-state index is 12.6. The van der Waals surface area contributed by atoms with Gasteiger partial charge in [0.05, 0.1) is 18.9 Å². The molecule has 1 saturated heterocycles. The zero-order chi connectivity index (χ0) is 17.5. The number of nitrogens with zero attached hydrogens (tertiary/aromatic N) is 2. The molecule has 2 amide bonds. The maximum Gasteiger partial charge on any atom is 0.320 e. The number of methoxy groups -OCH3 is 1. The Bertz CT molecular complexity index is 700. The summed E-state index contributed by atoms with van der Waals surface area (Å²) in [7, 11) is 1.60. The van der Waals surface area contributed by atoms with E-state index in [-0.39, 0.29) is 30.8 Å². The monoisotopic (exact) mass is 414 g/mol. The number of aromatic nitrogens is 1. The van der Waals surface area contributed by atoms with E-state index in [4.69, 9.17) is 9.47 Å². The molecule has 9 heteroatoms. The van der Waals surface area contributed by atoms with Crippen LogP contribution in [-0.2, 0) is 0 Å². The highest BCUT2D eigenvalue weighted by Crippen LogP contribution is 2.27. The second kappa shape index (κ2) is 11.5. The van der Waals surface area contributed by atoms with E-state index in [2.05, 4.69) is 15.6 Å². The molecule has 7 nitrogen and oxygen atoms in total. The number of pyridine rings is 1. The van der Waals surface area contributed by atoms with Crippen LogP contribution in [0.1, 0.15) is 11.8 Å². The van der Waals surface area contributed by atoms with Crippen molar-refractivity contribution in [2.24, 2.45) is 0 Å². The number of para-hydroxylation sites is 1. The van der Waals surface area contributed by atoms with Crippen molar-refractivity contribution in [1.29, 1.82) is 0 Å². The van der Waals surface area contributed by atoms with Crippen molar-refractivity contribution in [2.75, 3.05) is 33.3 Å². The molecule has 3 rings (SSSR count).